The van der Waals surface area contributed by atoms with E-state index in [1.54, 1.807) is 0 Å². The summed E-state index contributed by atoms with van der Waals surface area (Å²) in [5, 5.41) is 3.12. The summed E-state index contributed by atoms with van der Waals surface area (Å²) >= 11 is 6.29. The lowest BCUT2D eigenvalue weighted by atomic mass is 9.37. The summed E-state index contributed by atoms with van der Waals surface area (Å²) in [4.78, 5) is 13.8. The topological polar surface area (TPSA) is 29.1 Å². The number of hydrogen-bond donors (Lipinski definition) is 1. The van der Waals surface area contributed by atoms with E-state index in [0.717, 1.165) is 38.6 Å². The number of carbonyl (C=O) groups is 1. The van der Waals surface area contributed by atoms with Crippen LogP contribution in [0.2, 0.25) is 0 Å². The molecule has 4 bridgehead atoms. The summed E-state index contributed by atoms with van der Waals surface area (Å²) in [6, 6.07) is 10.9. The van der Waals surface area contributed by atoms with Crippen LogP contribution in [0.15, 0.2) is 30.3 Å². The van der Waals surface area contributed by atoms with Gasteiger partial charge in [-0.05, 0) is 86.1 Å². The van der Waals surface area contributed by atoms with Crippen LogP contribution in [0.1, 0.15) is 63.4 Å². The molecule has 6 rings (SSSR count). The summed E-state index contributed by atoms with van der Waals surface area (Å²) in [5.41, 5.74) is 1.44. The molecular weight excluding hydrogens is 385 g/mol. The quantitative estimate of drug-likeness (QED) is 0.625. The van der Waals surface area contributed by atoms with Crippen LogP contribution in [0.4, 0.5) is 4.39 Å². The van der Waals surface area contributed by atoms with Gasteiger partial charge in [-0.15, -0.1) is 11.6 Å². The van der Waals surface area contributed by atoms with Gasteiger partial charge in [0.2, 0.25) is 0 Å². The first kappa shape index (κ1) is 20.0. The van der Waals surface area contributed by atoms with Gasteiger partial charge in [-0.2, -0.15) is 0 Å². The largest absolute Gasteiger partial charge is 0.314 e. The minimum Gasteiger partial charge on any atom is -0.314 e. The van der Waals surface area contributed by atoms with Crippen LogP contribution in [0, 0.1) is 22.7 Å². The Morgan fingerprint density at radius 1 is 1.14 bits per heavy atom. The molecule has 1 aliphatic heterocycles. The van der Waals surface area contributed by atoms with Crippen molar-refractivity contribution in [1.29, 1.82) is 0 Å². The lowest BCUT2D eigenvalue weighted by Crippen LogP contribution is -2.61. The second-order valence-corrected chi connectivity index (χ2v) is 11.1. The fourth-order valence-corrected chi connectivity index (χ4v) is 8.50. The van der Waals surface area contributed by atoms with Crippen LogP contribution >= 0.6 is 11.6 Å². The van der Waals surface area contributed by atoms with E-state index in [1.165, 1.54) is 24.8 Å². The molecule has 0 spiro atoms. The van der Waals surface area contributed by atoms with Crippen molar-refractivity contribution in [1.82, 2.24) is 5.32 Å². The second kappa shape index (κ2) is 7.34. The highest BCUT2D eigenvalue weighted by molar-refractivity contribution is 6.17. The molecule has 1 N–H and O–H groups in total. The molecule has 1 saturated heterocycles. The van der Waals surface area contributed by atoms with Crippen molar-refractivity contribution >= 4 is 17.4 Å². The van der Waals surface area contributed by atoms with Crippen LogP contribution in [0.5, 0.6) is 0 Å². The molecular formula is C25H33ClFNO. The number of piperidine rings is 1. The molecule has 29 heavy (non-hydrogen) atoms. The van der Waals surface area contributed by atoms with Crippen LogP contribution in [0.3, 0.4) is 0 Å². The predicted octanol–water partition coefficient (Wildman–Crippen LogP) is 5.43. The number of rotatable bonds is 6. The SMILES string of the molecule is O=C(C[C@H]1CCNC[C@@H]1F)C12CC3C[C@@](CCCl)(C1)C[C@](c1ccccc1)(C3)C2. The molecule has 4 aliphatic carbocycles. The minimum atomic E-state index is -0.888. The Hall–Kier alpha value is -0.930. The third-order valence-electron chi connectivity index (χ3n) is 8.78. The first-order chi connectivity index (χ1) is 14.0. The Morgan fingerprint density at radius 3 is 2.72 bits per heavy atom. The molecule has 5 fully saturated rings. The second-order valence-electron chi connectivity index (χ2n) is 10.8. The van der Waals surface area contributed by atoms with Gasteiger partial charge in [0.15, 0.2) is 0 Å². The van der Waals surface area contributed by atoms with Crippen molar-refractivity contribution in [2.75, 3.05) is 19.0 Å². The van der Waals surface area contributed by atoms with E-state index >= 15 is 0 Å². The molecule has 158 valence electrons. The number of nitrogens with one attached hydrogen (secondary N) is 1. The Kier molecular flexibility index (Phi) is 5.06. The van der Waals surface area contributed by atoms with Gasteiger partial charge >= 0.3 is 0 Å². The fourth-order valence-electron chi connectivity index (χ4n) is 8.10. The van der Waals surface area contributed by atoms with E-state index in [1.807, 2.05) is 0 Å². The average Bonchev–Trinajstić information content (AvgIpc) is 2.69. The molecule has 2 nitrogen and oxygen atoms in total. The molecule has 0 amide bonds. The highest BCUT2D eigenvalue weighted by Gasteiger charge is 2.65. The molecule has 0 aromatic heterocycles. The van der Waals surface area contributed by atoms with Crippen molar-refractivity contribution < 1.29 is 9.18 Å². The third-order valence-corrected chi connectivity index (χ3v) is 8.97. The van der Waals surface area contributed by atoms with E-state index in [-0.39, 0.29) is 22.2 Å². The van der Waals surface area contributed by atoms with Crippen molar-refractivity contribution in [2.45, 2.75) is 69.4 Å². The molecule has 2 unspecified atom stereocenters. The minimum absolute atomic E-state index is 0.103. The van der Waals surface area contributed by atoms with Crippen LogP contribution in [-0.4, -0.2) is 30.9 Å². The number of hydrogen-bond acceptors (Lipinski definition) is 2. The van der Waals surface area contributed by atoms with E-state index in [2.05, 4.69) is 35.6 Å². The fraction of sp³-hybridized carbons (Fsp3) is 0.720. The number of benzene rings is 1. The van der Waals surface area contributed by atoms with E-state index < -0.39 is 6.17 Å². The monoisotopic (exact) mass is 417 g/mol. The van der Waals surface area contributed by atoms with Gasteiger partial charge in [0, 0.05) is 24.3 Å². The Balaban J connectivity index is 1.48. The molecule has 6 atom stereocenters. The third kappa shape index (κ3) is 3.37. The van der Waals surface area contributed by atoms with Gasteiger partial charge in [-0.3, -0.25) is 4.79 Å². The van der Waals surface area contributed by atoms with Gasteiger partial charge in [0.25, 0.3) is 0 Å². The maximum Gasteiger partial charge on any atom is 0.139 e. The van der Waals surface area contributed by atoms with Crippen molar-refractivity contribution in [3.8, 4) is 0 Å². The summed E-state index contributed by atoms with van der Waals surface area (Å²) in [5.74, 6) is 1.53. The predicted molar refractivity (Wildman–Crippen MR) is 115 cm³/mol. The van der Waals surface area contributed by atoms with Gasteiger partial charge in [0.1, 0.15) is 12.0 Å². The molecule has 1 aromatic rings. The van der Waals surface area contributed by atoms with Gasteiger partial charge < -0.3 is 5.32 Å². The van der Waals surface area contributed by atoms with Crippen molar-refractivity contribution in [2.24, 2.45) is 22.7 Å². The summed E-state index contributed by atoms with van der Waals surface area (Å²) in [7, 11) is 0. The number of alkyl halides is 2. The Bertz CT molecular complexity index is 771. The van der Waals surface area contributed by atoms with Crippen LogP contribution < -0.4 is 5.32 Å². The lowest BCUT2D eigenvalue weighted by Gasteiger charge is -2.66. The van der Waals surface area contributed by atoms with E-state index in [4.69, 9.17) is 11.6 Å². The van der Waals surface area contributed by atoms with Crippen LogP contribution in [-0.2, 0) is 10.2 Å². The van der Waals surface area contributed by atoms with Gasteiger partial charge in [-0.25, -0.2) is 4.39 Å². The van der Waals surface area contributed by atoms with E-state index in [9.17, 15) is 9.18 Å². The Labute approximate surface area is 179 Å². The van der Waals surface area contributed by atoms with Gasteiger partial charge in [-0.1, -0.05) is 30.3 Å². The van der Waals surface area contributed by atoms with E-state index in [0.29, 0.717) is 30.5 Å². The average molecular weight is 418 g/mol. The molecule has 1 heterocycles. The zero-order chi connectivity index (χ0) is 20.1. The summed E-state index contributed by atoms with van der Waals surface area (Å²) in [6.45, 7) is 1.23. The molecule has 5 aliphatic rings. The smallest absolute Gasteiger partial charge is 0.139 e. The zero-order valence-corrected chi connectivity index (χ0v) is 18.0. The highest BCUT2D eigenvalue weighted by atomic mass is 35.5. The standard InChI is InChI=1S/C25H33ClFNO/c26-8-7-23-11-18-12-24(15-23,20-4-2-1-3-5-20)17-25(13-18,16-23)22(29)10-19-6-9-28-14-21(19)27/h1-5,18-19,21,28H,6-17H2/t18?,19-,21+,23-,24-,25?/m1/s1. The summed E-state index contributed by atoms with van der Waals surface area (Å²) < 4.78 is 14.5. The van der Waals surface area contributed by atoms with Crippen LogP contribution in [0.25, 0.3) is 0 Å². The van der Waals surface area contributed by atoms with Crippen molar-refractivity contribution in [3.05, 3.63) is 35.9 Å². The maximum absolute atomic E-state index is 14.5. The number of ketones is 1. The van der Waals surface area contributed by atoms with Crippen molar-refractivity contribution in [3.63, 3.8) is 0 Å². The number of carbonyl (C=O) groups excluding carboxylic acids is 1. The summed E-state index contributed by atoms with van der Waals surface area (Å²) in [6.07, 6.45) is 7.89. The maximum atomic E-state index is 14.5. The molecule has 1 aromatic carbocycles. The normalized spacial score (nSPS) is 43.4. The highest BCUT2D eigenvalue weighted by Crippen LogP contribution is 2.71. The first-order valence-electron chi connectivity index (χ1n) is 11.5. The lowest BCUT2D eigenvalue weighted by molar-refractivity contribution is -0.162. The first-order valence-corrected chi connectivity index (χ1v) is 12.0. The molecule has 4 heteroatoms. The number of halogens is 2. The molecule has 0 radical (unpaired) electrons. The molecule has 4 saturated carbocycles. The van der Waals surface area contributed by atoms with Gasteiger partial charge in [0.05, 0.1) is 0 Å². The Morgan fingerprint density at radius 2 is 1.97 bits per heavy atom. The number of Topliss-reactive ketones (excluding diaryl/α,β-unsaturated/α-hetero) is 1. The zero-order valence-electron chi connectivity index (χ0n) is 17.3.